The van der Waals surface area contributed by atoms with Gasteiger partial charge in [-0.1, -0.05) is 108 Å². The Balaban J connectivity index is 1.47. The Morgan fingerprint density at radius 1 is 0.729 bits per heavy atom. The van der Waals surface area contributed by atoms with E-state index in [-0.39, 0.29) is 0 Å². The fourth-order valence-corrected chi connectivity index (χ4v) is 8.18. The van der Waals surface area contributed by atoms with Gasteiger partial charge >= 0.3 is 0 Å². The number of nitrogens with one attached hydrogen (secondary N) is 2. The largest absolute Gasteiger partial charge is 0.344 e. The summed E-state index contributed by atoms with van der Waals surface area (Å²) in [6, 6.07) is 31.1. The zero-order chi connectivity index (χ0) is 33.1. The molecule has 2 saturated heterocycles. The minimum absolute atomic E-state index is 0.423. The van der Waals surface area contributed by atoms with Crippen molar-refractivity contribution in [3.8, 4) is 11.1 Å². The number of fused-ring (bicyclic) bond motifs is 1. The summed E-state index contributed by atoms with van der Waals surface area (Å²) in [5.74, 6) is -1.23. The zero-order valence-corrected chi connectivity index (χ0v) is 29.3. The molecule has 6 heteroatoms. The average molecular weight is 662 g/mol. The lowest BCUT2D eigenvalue weighted by molar-refractivity contribution is -0.269. The third-order valence-electron chi connectivity index (χ3n) is 10.5. The first-order valence-electron chi connectivity index (χ1n) is 17.7. The van der Waals surface area contributed by atoms with E-state index in [0.29, 0.717) is 30.3 Å². The van der Waals surface area contributed by atoms with Crippen molar-refractivity contribution in [2.24, 2.45) is 4.99 Å². The molecule has 3 heterocycles. The van der Waals surface area contributed by atoms with E-state index in [9.17, 15) is 0 Å². The summed E-state index contributed by atoms with van der Waals surface area (Å²) < 4.78 is 14.9. The summed E-state index contributed by atoms with van der Waals surface area (Å²) in [5.41, 5.74) is 8.56. The topological polar surface area (TPSA) is 54.9 Å². The molecule has 0 bridgehead atoms. The molecule has 0 spiro atoms. The van der Waals surface area contributed by atoms with E-state index < -0.39 is 11.2 Å². The predicted octanol–water partition coefficient (Wildman–Crippen LogP) is 9.10. The highest BCUT2D eigenvalue weighted by Gasteiger charge is 2.59. The quantitative estimate of drug-likeness (QED) is 0.158. The first kappa shape index (κ1) is 33.2. The normalized spacial score (nSPS) is 25.0. The van der Waals surface area contributed by atoms with Crippen molar-refractivity contribution in [3.05, 3.63) is 123 Å². The van der Waals surface area contributed by atoms with Crippen LogP contribution in [0.1, 0.15) is 71.9 Å². The Morgan fingerprint density at radius 2 is 1.46 bits per heavy atom. The lowest BCUT2D eigenvalue weighted by atomic mass is 9.64. The lowest BCUT2D eigenvalue weighted by Gasteiger charge is -2.51. The van der Waals surface area contributed by atoms with Gasteiger partial charge < -0.3 is 20.1 Å². The Hall–Kier alpha value is -3.32. The number of hydrogen-bond donors (Lipinski definition) is 2. The van der Waals surface area contributed by atoms with Crippen LogP contribution in [0.2, 0.25) is 5.02 Å². The monoisotopic (exact) mass is 661 g/mol. The van der Waals surface area contributed by atoms with Crippen LogP contribution in [-0.4, -0.2) is 44.6 Å². The number of hydrogen-bond acceptors (Lipinski definition) is 5. The molecule has 0 aliphatic carbocycles. The van der Waals surface area contributed by atoms with Crippen LogP contribution in [0.4, 0.5) is 5.69 Å². The lowest BCUT2D eigenvalue weighted by Crippen LogP contribution is -2.57. The highest BCUT2D eigenvalue weighted by atomic mass is 35.5. The van der Waals surface area contributed by atoms with Crippen molar-refractivity contribution in [3.63, 3.8) is 0 Å². The fraction of sp³-hybridized carbons (Fsp3) is 0.405. The smallest absolute Gasteiger partial charge is 0.216 e. The van der Waals surface area contributed by atoms with Gasteiger partial charge in [-0.3, -0.25) is 4.99 Å². The average Bonchev–Trinajstić information content (AvgIpc) is 3.06. The van der Waals surface area contributed by atoms with Crippen LogP contribution < -0.4 is 10.6 Å². The van der Waals surface area contributed by atoms with Crippen molar-refractivity contribution < 1.29 is 9.47 Å². The summed E-state index contributed by atoms with van der Waals surface area (Å²) in [6.45, 7) is 9.64. The summed E-state index contributed by atoms with van der Waals surface area (Å²) in [6.07, 6.45) is 8.69. The Bertz CT molecular complexity index is 1740. The minimum atomic E-state index is -1.23. The van der Waals surface area contributed by atoms with Crippen LogP contribution in [0.5, 0.6) is 0 Å². The third-order valence-corrected chi connectivity index (χ3v) is 10.8. The SMILES string of the molecule is Cc1cccc(-c2cc3c(cc2Cl)N=CC(c2ccccc2)(c2cc(C)cc(C)c2)C3(OCCC2CCCCN2)OCCC2CCN2)c1. The van der Waals surface area contributed by atoms with Crippen LogP contribution in [0.25, 0.3) is 11.1 Å². The van der Waals surface area contributed by atoms with Gasteiger partial charge in [-0.25, -0.2) is 0 Å². The van der Waals surface area contributed by atoms with Crippen LogP contribution in [0, 0.1) is 20.8 Å². The second-order valence-corrected chi connectivity index (χ2v) is 14.4. The Kier molecular flexibility index (Phi) is 9.86. The Morgan fingerprint density at radius 3 is 2.10 bits per heavy atom. The van der Waals surface area contributed by atoms with Crippen molar-refractivity contribution in [1.29, 1.82) is 0 Å². The zero-order valence-electron chi connectivity index (χ0n) is 28.5. The van der Waals surface area contributed by atoms with Crippen molar-refractivity contribution in [2.75, 3.05) is 26.3 Å². The molecule has 7 rings (SSSR count). The van der Waals surface area contributed by atoms with Gasteiger partial charge in [0.2, 0.25) is 5.79 Å². The highest BCUT2D eigenvalue weighted by molar-refractivity contribution is 6.33. The number of rotatable bonds is 11. The molecule has 0 aromatic heterocycles. The number of aryl methyl sites for hydroxylation is 3. The predicted molar refractivity (Wildman–Crippen MR) is 198 cm³/mol. The van der Waals surface area contributed by atoms with E-state index in [1.54, 1.807) is 0 Å². The Labute approximate surface area is 291 Å². The van der Waals surface area contributed by atoms with E-state index in [2.05, 4.69) is 116 Å². The number of nitrogens with zero attached hydrogens (tertiary/aromatic N) is 1. The molecular weight excluding hydrogens is 614 g/mol. The molecule has 0 radical (unpaired) electrons. The molecule has 0 amide bonds. The number of halogens is 1. The molecule has 5 nitrogen and oxygen atoms in total. The number of piperidine rings is 1. The molecule has 4 aromatic rings. The van der Waals surface area contributed by atoms with Gasteiger partial charge in [-0.05, 0) is 94.8 Å². The molecule has 3 aliphatic heterocycles. The summed E-state index contributed by atoms with van der Waals surface area (Å²) in [4.78, 5) is 5.24. The molecule has 0 saturated carbocycles. The minimum Gasteiger partial charge on any atom is -0.344 e. The van der Waals surface area contributed by atoms with E-state index >= 15 is 0 Å². The van der Waals surface area contributed by atoms with Gasteiger partial charge in [0, 0.05) is 29.4 Å². The number of aliphatic imine (C=N–C) groups is 1. The van der Waals surface area contributed by atoms with Crippen LogP contribution in [0.3, 0.4) is 0 Å². The van der Waals surface area contributed by atoms with Gasteiger partial charge in [-0.2, -0.15) is 0 Å². The molecule has 4 aromatic carbocycles. The first-order valence-corrected chi connectivity index (χ1v) is 18.1. The second-order valence-electron chi connectivity index (χ2n) is 14.0. The van der Waals surface area contributed by atoms with Crippen LogP contribution >= 0.6 is 11.6 Å². The maximum Gasteiger partial charge on any atom is 0.216 e. The van der Waals surface area contributed by atoms with Crippen molar-refractivity contribution in [2.45, 2.75) is 82.6 Å². The van der Waals surface area contributed by atoms with Crippen molar-refractivity contribution >= 4 is 23.5 Å². The van der Waals surface area contributed by atoms with E-state index in [1.165, 1.54) is 29.5 Å². The molecule has 2 N–H and O–H groups in total. The standard InChI is InChI=1S/C42H48ClN3O2/c1-29-10-9-11-32(23-29)37-26-38-40(27-39(37)43)46-28-41(33-12-5-4-6-13-33,34-24-30(2)22-31(3)25-34)42(38,48-21-17-36-15-19-45-36)47-20-16-35-14-7-8-18-44-35/h4-6,9-13,22-28,35-36,44-45H,7-8,14-21H2,1-3H3. The molecule has 48 heavy (non-hydrogen) atoms. The number of ether oxygens (including phenoxy) is 2. The molecule has 4 unspecified atom stereocenters. The highest BCUT2D eigenvalue weighted by Crippen LogP contribution is 2.56. The molecular formula is C42H48ClN3O2. The van der Waals surface area contributed by atoms with Gasteiger partial charge in [0.05, 0.1) is 23.9 Å². The first-order chi connectivity index (χ1) is 23.4. The second kappa shape index (κ2) is 14.3. The summed E-state index contributed by atoms with van der Waals surface area (Å²) >= 11 is 7.09. The maximum absolute atomic E-state index is 7.48. The van der Waals surface area contributed by atoms with Crippen LogP contribution in [-0.2, 0) is 20.7 Å². The molecule has 2 fully saturated rings. The van der Waals surface area contributed by atoms with E-state index in [0.717, 1.165) is 72.3 Å². The van der Waals surface area contributed by atoms with Gasteiger partial charge in [0.25, 0.3) is 0 Å². The fourth-order valence-electron chi connectivity index (χ4n) is 7.91. The van der Waals surface area contributed by atoms with Crippen molar-refractivity contribution in [1.82, 2.24) is 10.6 Å². The van der Waals surface area contributed by atoms with Crippen LogP contribution in [0.15, 0.2) is 89.9 Å². The third kappa shape index (κ3) is 6.39. The van der Waals surface area contributed by atoms with Gasteiger partial charge in [0.15, 0.2) is 0 Å². The van der Waals surface area contributed by atoms with Gasteiger partial charge in [0.1, 0.15) is 5.41 Å². The summed E-state index contributed by atoms with van der Waals surface area (Å²) in [7, 11) is 0. The molecule has 250 valence electrons. The molecule has 4 atom stereocenters. The number of benzene rings is 4. The maximum atomic E-state index is 7.48. The van der Waals surface area contributed by atoms with E-state index in [4.69, 9.17) is 26.1 Å². The van der Waals surface area contributed by atoms with Gasteiger partial charge in [-0.15, -0.1) is 0 Å². The summed E-state index contributed by atoms with van der Waals surface area (Å²) in [5, 5.41) is 7.96. The van der Waals surface area contributed by atoms with E-state index in [1.807, 2.05) is 6.07 Å². The molecule has 3 aliphatic rings.